The molecule has 0 spiro atoms. The van der Waals surface area contributed by atoms with Crippen LogP contribution in [0.2, 0.25) is 0 Å². The van der Waals surface area contributed by atoms with Gasteiger partial charge >= 0.3 is 0 Å². The lowest BCUT2D eigenvalue weighted by molar-refractivity contribution is 0.415. The van der Waals surface area contributed by atoms with E-state index in [0.29, 0.717) is 11.3 Å². The third-order valence-corrected chi connectivity index (χ3v) is 2.29. The van der Waals surface area contributed by atoms with Crippen molar-refractivity contribution in [2.24, 2.45) is 0 Å². The molecule has 0 saturated carbocycles. The highest BCUT2D eigenvalue weighted by molar-refractivity contribution is 5.66. The van der Waals surface area contributed by atoms with Crippen molar-refractivity contribution in [3.8, 4) is 11.8 Å². The third-order valence-electron chi connectivity index (χ3n) is 2.29. The number of nitrogens with one attached hydrogen (secondary N) is 1. The lowest BCUT2D eigenvalue weighted by atomic mass is 10.2. The Morgan fingerprint density at radius 1 is 1.35 bits per heavy atom. The molecule has 4 heteroatoms. The van der Waals surface area contributed by atoms with E-state index in [1.54, 1.807) is 25.6 Å². The molecule has 1 heterocycles. The van der Waals surface area contributed by atoms with Crippen LogP contribution in [0, 0.1) is 11.3 Å². The average molecular weight is 225 g/mol. The summed E-state index contributed by atoms with van der Waals surface area (Å²) in [6.07, 6.45) is 3.22. The van der Waals surface area contributed by atoms with Gasteiger partial charge in [-0.2, -0.15) is 5.26 Å². The number of hydrogen-bond acceptors (Lipinski definition) is 4. The van der Waals surface area contributed by atoms with Gasteiger partial charge in [-0.15, -0.1) is 0 Å². The Morgan fingerprint density at radius 3 is 3.00 bits per heavy atom. The number of methoxy groups -OCH3 is 1. The van der Waals surface area contributed by atoms with Gasteiger partial charge in [-0.25, -0.2) is 0 Å². The van der Waals surface area contributed by atoms with Crippen molar-refractivity contribution in [1.29, 1.82) is 5.26 Å². The highest BCUT2D eigenvalue weighted by atomic mass is 16.5. The van der Waals surface area contributed by atoms with Crippen LogP contribution in [0.5, 0.6) is 5.75 Å². The quantitative estimate of drug-likeness (QED) is 0.872. The molecule has 0 amide bonds. The second-order valence-electron chi connectivity index (χ2n) is 3.39. The Balaban J connectivity index is 2.28. The minimum Gasteiger partial charge on any atom is -0.497 e. The molecule has 1 aromatic heterocycles. The van der Waals surface area contributed by atoms with Crippen LogP contribution in [0.1, 0.15) is 5.56 Å². The van der Waals surface area contributed by atoms with Gasteiger partial charge in [-0.05, 0) is 18.2 Å². The highest BCUT2D eigenvalue weighted by Crippen LogP contribution is 2.22. The van der Waals surface area contributed by atoms with E-state index >= 15 is 0 Å². The summed E-state index contributed by atoms with van der Waals surface area (Å²) in [4.78, 5) is 3.99. The fourth-order valence-electron chi connectivity index (χ4n) is 1.45. The third kappa shape index (κ3) is 2.52. The Morgan fingerprint density at radius 2 is 2.24 bits per heavy atom. The molecular weight excluding hydrogens is 214 g/mol. The Hall–Kier alpha value is -2.54. The summed E-state index contributed by atoms with van der Waals surface area (Å²) < 4.78 is 5.13. The number of nitriles is 1. The standard InChI is InChI=1S/C13H11N3O/c1-17-12-4-2-3-11(7-12)16-13-9-15-6-5-10(13)8-14/h2-7,9,16H,1H3. The second kappa shape index (κ2) is 4.99. The topological polar surface area (TPSA) is 57.9 Å². The molecule has 0 aliphatic carbocycles. The molecule has 0 aliphatic heterocycles. The molecule has 0 saturated heterocycles. The van der Waals surface area contributed by atoms with Gasteiger partial charge in [-0.1, -0.05) is 6.07 Å². The van der Waals surface area contributed by atoms with Crippen LogP contribution in [-0.2, 0) is 0 Å². The van der Waals surface area contributed by atoms with Crippen LogP contribution in [-0.4, -0.2) is 12.1 Å². The van der Waals surface area contributed by atoms with E-state index in [0.717, 1.165) is 11.4 Å². The molecule has 1 aromatic carbocycles. The molecular formula is C13H11N3O. The Bertz CT molecular complexity index is 561. The van der Waals surface area contributed by atoms with Crippen molar-refractivity contribution in [2.75, 3.05) is 12.4 Å². The van der Waals surface area contributed by atoms with Crippen LogP contribution in [0.25, 0.3) is 0 Å². The fourth-order valence-corrected chi connectivity index (χ4v) is 1.45. The first-order valence-electron chi connectivity index (χ1n) is 5.08. The van der Waals surface area contributed by atoms with E-state index in [4.69, 9.17) is 10.00 Å². The van der Waals surface area contributed by atoms with Crippen LogP contribution in [0.3, 0.4) is 0 Å². The Kier molecular flexibility index (Phi) is 3.22. The number of nitrogens with zero attached hydrogens (tertiary/aromatic N) is 2. The van der Waals surface area contributed by atoms with E-state index in [1.165, 1.54) is 0 Å². The number of benzene rings is 1. The molecule has 0 unspecified atom stereocenters. The van der Waals surface area contributed by atoms with Crippen LogP contribution >= 0.6 is 0 Å². The smallest absolute Gasteiger partial charge is 0.120 e. The maximum Gasteiger partial charge on any atom is 0.120 e. The first-order valence-corrected chi connectivity index (χ1v) is 5.08. The summed E-state index contributed by atoms with van der Waals surface area (Å²) >= 11 is 0. The number of hydrogen-bond donors (Lipinski definition) is 1. The van der Waals surface area contributed by atoms with Crippen molar-refractivity contribution in [1.82, 2.24) is 4.98 Å². The van der Waals surface area contributed by atoms with E-state index < -0.39 is 0 Å². The molecule has 4 nitrogen and oxygen atoms in total. The SMILES string of the molecule is COc1cccc(Nc2cnccc2C#N)c1. The molecule has 0 bridgehead atoms. The van der Waals surface area contributed by atoms with Crippen LogP contribution in [0.4, 0.5) is 11.4 Å². The molecule has 0 fully saturated rings. The second-order valence-corrected chi connectivity index (χ2v) is 3.39. The van der Waals surface area contributed by atoms with E-state index in [1.807, 2.05) is 24.3 Å². The lowest BCUT2D eigenvalue weighted by Gasteiger charge is -2.08. The van der Waals surface area contributed by atoms with Crippen molar-refractivity contribution in [2.45, 2.75) is 0 Å². The van der Waals surface area contributed by atoms with E-state index in [9.17, 15) is 0 Å². The maximum absolute atomic E-state index is 8.95. The van der Waals surface area contributed by atoms with E-state index in [2.05, 4.69) is 16.4 Å². The first-order chi connectivity index (χ1) is 8.33. The number of pyridine rings is 1. The zero-order chi connectivity index (χ0) is 12.1. The summed E-state index contributed by atoms with van der Waals surface area (Å²) in [5, 5.41) is 12.1. The monoisotopic (exact) mass is 225 g/mol. The number of anilines is 2. The van der Waals surface area contributed by atoms with Gasteiger partial charge in [0, 0.05) is 18.0 Å². The summed E-state index contributed by atoms with van der Waals surface area (Å²) in [5.41, 5.74) is 2.10. The minimum absolute atomic E-state index is 0.558. The predicted octanol–water partition coefficient (Wildman–Crippen LogP) is 2.71. The molecule has 1 N–H and O–H groups in total. The number of rotatable bonds is 3. The van der Waals surface area contributed by atoms with Crippen LogP contribution in [0.15, 0.2) is 42.7 Å². The van der Waals surface area contributed by atoms with Gasteiger partial charge in [0.15, 0.2) is 0 Å². The van der Waals surface area contributed by atoms with Crippen molar-refractivity contribution in [3.63, 3.8) is 0 Å². The number of aromatic nitrogens is 1. The van der Waals surface area contributed by atoms with E-state index in [-0.39, 0.29) is 0 Å². The van der Waals surface area contributed by atoms with Crippen LogP contribution < -0.4 is 10.1 Å². The molecule has 17 heavy (non-hydrogen) atoms. The summed E-state index contributed by atoms with van der Waals surface area (Å²) in [6, 6.07) is 11.3. The van der Waals surface area contributed by atoms with Gasteiger partial charge in [0.2, 0.25) is 0 Å². The van der Waals surface area contributed by atoms with Crippen molar-refractivity contribution in [3.05, 3.63) is 48.3 Å². The van der Waals surface area contributed by atoms with Gasteiger partial charge in [0.1, 0.15) is 11.8 Å². The van der Waals surface area contributed by atoms with Gasteiger partial charge < -0.3 is 10.1 Å². The normalized spacial score (nSPS) is 9.41. The number of ether oxygens (including phenoxy) is 1. The molecule has 0 radical (unpaired) electrons. The molecule has 84 valence electrons. The largest absolute Gasteiger partial charge is 0.497 e. The first kappa shape index (κ1) is 11.0. The summed E-state index contributed by atoms with van der Waals surface area (Å²) in [6.45, 7) is 0. The zero-order valence-corrected chi connectivity index (χ0v) is 9.34. The summed E-state index contributed by atoms with van der Waals surface area (Å²) in [7, 11) is 1.61. The minimum atomic E-state index is 0.558. The van der Waals surface area contributed by atoms with Crippen molar-refractivity contribution >= 4 is 11.4 Å². The van der Waals surface area contributed by atoms with Gasteiger partial charge in [-0.3, -0.25) is 4.98 Å². The Labute approximate surface area is 99.5 Å². The zero-order valence-electron chi connectivity index (χ0n) is 9.34. The average Bonchev–Trinajstić information content (AvgIpc) is 2.39. The molecule has 0 aliphatic rings. The lowest BCUT2D eigenvalue weighted by Crippen LogP contribution is -1.94. The predicted molar refractivity (Wildman–Crippen MR) is 65.2 cm³/mol. The van der Waals surface area contributed by atoms with Crippen molar-refractivity contribution < 1.29 is 4.74 Å². The van der Waals surface area contributed by atoms with Gasteiger partial charge in [0.05, 0.1) is 24.6 Å². The summed E-state index contributed by atoms with van der Waals surface area (Å²) in [5.74, 6) is 0.761. The van der Waals surface area contributed by atoms with Gasteiger partial charge in [0.25, 0.3) is 0 Å². The fraction of sp³-hybridized carbons (Fsp3) is 0.0769. The molecule has 2 aromatic rings. The molecule has 0 atom stereocenters. The maximum atomic E-state index is 8.95. The highest BCUT2D eigenvalue weighted by Gasteiger charge is 2.02. The molecule has 2 rings (SSSR count).